The van der Waals surface area contributed by atoms with Gasteiger partial charge in [0.2, 0.25) is 5.88 Å². The summed E-state index contributed by atoms with van der Waals surface area (Å²) in [6, 6.07) is 7.48. The Hall–Kier alpha value is -3.95. The van der Waals surface area contributed by atoms with E-state index in [-0.39, 0.29) is 5.56 Å². The topological polar surface area (TPSA) is 93.2 Å². The minimum absolute atomic E-state index is 0.0814. The maximum Gasteiger partial charge on any atom is 0.416 e. The van der Waals surface area contributed by atoms with Crippen molar-refractivity contribution in [2.45, 2.75) is 13.1 Å². The molecule has 0 saturated heterocycles. The predicted octanol–water partition coefficient (Wildman–Crippen LogP) is 4.56. The summed E-state index contributed by atoms with van der Waals surface area (Å²) in [4.78, 5) is 32.0. The van der Waals surface area contributed by atoms with Gasteiger partial charge in [-0.2, -0.15) is 13.2 Å². The van der Waals surface area contributed by atoms with Crippen LogP contribution in [0.1, 0.15) is 21.5 Å². The lowest BCUT2D eigenvalue weighted by Gasteiger charge is -2.11. The van der Waals surface area contributed by atoms with Crippen molar-refractivity contribution >= 4 is 17.6 Å². The van der Waals surface area contributed by atoms with Crippen molar-refractivity contribution in [1.82, 2.24) is 15.3 Å². The lowest BCUT2D eigenvalue weighted by molar-refractivity contribution is -0.137. The van der Waals surface area contributed by atoms with E-state index in [1.807, 2.05) is 0 Å². The molecule has 10 heteroatoms. The molecule has 0 aliphatic heterocycles. The zero-order valence-electron chi connectivity index (χ0n) is 15.5. The van der Waals surface area contributed by atoms with Gasteiger partial charge in [0.25, 0.3) is 5.91 Å². The van der Waals surface area contributed by atoms with E-state index in [2.05, 4.69) is 20.6 Å². The van der Waals surface area contributed by atoms with E-state index in [1.165, 1.54) is 18.6 Å². The van der Waals surface area contributed by atoms with Crippen molar-refractivity contribution in [3.8, 4) is 11.6 Å². The SMILES string of the molecule is Cc1cc(NC(=O)NC(=O)c2ccc(C(F)(F)F)cc2)ccc1Oc1cnccn1. The number of benzene rings is 2. The minimum Gasteiger partial charge on any atom is -0.437 e. The predicted molar refractivity (Wildman–Crippen MR) is 101 cm³/mol. The Balaban J connectivity index is 1.60. The molecule has 0 aliphatic rings. The average Bonchev–Trinajstić information content (AvgIpc) is 2.70. The van der Waals surface area contributed by atoms with Gasteiger partial charge in [-0.25, -0.2) is 9.78 Å². The Morgan fingerprint density at radius 3 is 2.37 bits per heavy atom. The Kier molecular flexibility index (Phi) is 5.95. The number of hydrogen-bond acceptors (Lipinski definition) is 5. The molecule has 30 heavy (non-hydrogen) atoms. The molecule has 3 amide bonds. The number of anilines is 1. The molecule has 3 aromatic rings. The molecule has 7 nitrogen and oxygen atoms in total. The molecule has 0 aliphatic carbocycles. The van der Waals surface area contributed by atoms with Crippen LogP contribution in [0.4, 0.5) is 23.7 Å². The highest BCUT2D eigenvalue weighted by Gasteiger charge is 2.30. The van der Waals surface area contributed by atoms with E-state index in [0.717, 1.165) is 24.3 Å². The van der Waals surface area contributed by atoms with Crippen molar-refractivity contribution in [1.29, 1.82) is 0 Å². The van der Waals surface area contributed by atoms with Crippen LogP contribution in [-0.2, 0) is 6.18 Å². The Morgan fingerprint density at radius 1 is 1.03 bits per heavy atom. The lowest BCUT2D eigenvalue weighted by Crippen LogP contribution is -2.34. The first-order valence-corrected chi connectivity index (χ1v) is 8.56. The van der Waals surface area contributed by atoms with Gasteiger partial charge in [-0.3, -0.25) is 15.1 Å². The second-order valence-corrected chi connectivity index (χ2v) is 6.11. The van der Waals surface area contributed by atoms with Crippen LogP contribution >= 0.6 is 0 Å². The number of ether oxygens (including phenoxy) is 1. The molecule has 0 atom stereocenters. The number of hydrogen-bond donors (Lipinski definition) is 2. The molecular weight excluding hydrogens is 401 g/mol. The van der Waals surface area contributed by atoms with Gasteiger partial charge < -0.3 is 10.1 Å². The standard InChI is InChI=1S/C20H15F3N4O3/c1-12-10-15(6-7-16(12)30-17-11-24-8-9-25-17)26-19(29)27-18(28)13-2-4-14(5-3-13)20(21,22)23/h2-11H,1H3,(H2,26,27,28,29). The summed E-state index contributed by atoms with van der Waals surface area (Å²) < 4.78 is 43.3. The Bertz CT molecular complexity index is 1060. The maximum atomic E-state index is 12.6. The third kappa shape index (κ3) is 5.31. The number of aromatic nitrogens is 2. The van der Waals surface area contributed by atoms with Crippen LogP contribution < -0.4 is 15.4 Å². The van der Waals surface area contributed by atoms with E-state index in [1.54, 1.807) is 25.1 Å². The lowest BCUT2D eigenvalue weighted by atomic mass is 10.1. The molecular formula is C20H15F3N4O3. The van der Waals surface area contributed by atoms with Gasteiger partial charge >= 0.3 is 12.2 Å². The summed E-state index contributed by atoms with van der Waals surface area (Å²) in [5.74, 6) is -0.0240. The smallest absolute Gasteiger partial charge is 0.416 e. The number of amides is 3. The third-order valence-electron chi connectivity index (χ3n) is 3.89. The largest absolute Gasteiger partial charge is 0.437 e. The second kappa shape index (κ2) is 8.60. The number of nitrogens with zero attached hydrogens (tertiary/aromatic N) is 2. The van der Waals surface area contributed by atoms with E-state index in [4.69, 9.17) is 4.74 Å². The molecule has 0 fully saturated rings. The number of alkyl halides is 3. The molecule has 0 spiro atoms. The summed E-state index contributed by atoms with van der Waals surface area (Å²) in [6.07, 6.45) is -0.0605. The number of carbonyl (C=O) groups excluding carboxylic acids is 2. The van der Waals surface area contributed by atoms with Crippen molar-refractivity contribution in [2.75, 3.05) is 5.32 Å². The highest BCUT2D eigenvalue weighted by atomic mass is 19.4. The van der Waals surface area contributed by atoms with Gasteiger partial charge in [0.05, 0.1) is 11.8 Å². The van der Waals surface area contributed by atoms with Gasteiger partial charge in [-0.1, -0.05) is 0 Å². The van der Waals surface area contributed by atoms with E-state index >= 15 is 0 Å². The number of urea groups is 1. The number of carbonyl (C=O) groups is 2. The fourth-order valence-corrected chi connectivity index (χ4v) is 2.44. The highest BCUT2D eigenvalue weighted by Crippen LogP contribution is 2.29. The Morgan fingerprint density at radius 2 is 1.77 bits per heavy atom. The summed E-state index contributed by atoms with van der Waals surface area (Å²) >= 11 is 0. The molecule has 0 radical (unpaired) electrons. The minimum atomic E-state index is -4.51. The van der Waals surface area contributed by atoms with Crippen LogP contribution in [0.2, 0.25) is 0 Å². The van der Waals surface area contributed by atoms with Crippen LogP contribution in [0.15, 0.2) is 61.1 Å². The average molecular weight is 416 g/mol. The number of aryl methyl sites for hydroxylation is 1. The van der Waals surface area contributed by atoms with E-state index < -0.39 is 23.7 Å². The molecule has 0 bridgehead atoms. The van der Waals surface area contributed by atoms with Crippen LogP contribution in [-0.4, -0.2) is 21.9 Å². The van der Waals surface area contributed by atoms with Gasteiger partial charge in [0, 0.05) is 23.6 Å². The zero-order chi connectivity index (χ0) is 21.7. The molecule has 0 unspecified atom stereocenters. The van der Waals surface area contributed by atoms with E-state index in [9.17, 15) is 22.8 Å². The van der Waals surface area contributed by atoms with Crippen LogP contribution in [0, 0.1) is 6.92 Å². The molecule has 154 valence electrons. The van der Waals surface area contributed by atoms with Gasteiger partial charge in [-0.15, -0.1) is 0 Å². The summed E-state index contributed by atoms with van der Waals surface area (Å²) in [5, 5.41) is 4.53. The van der Waals surface area contributed by atoms with Gasteiger partial charge in [-0.05, 0) is 55.0 Å². The first kappa shape index (κ1) is 20.8. The fourth-order valence-electron chi connectivity index (χ4n) is 2.44. The van der Waals surface area contributed by atoms with Crippen molar-refractivity contribution in [3.05, 3.63) is 77.7 Å². The molecule has 0 saturated carbocycles. The highest BCUT2D eigenvalue weighted by molar-refractivity contribution is 6.08. The number of imide groups is 1. The first-order valence-electron chi connectivity index (χ1n) is 8.56. The maximum absolute atomic E-state index is 12.6. The van der Waals surface area contributed by atoms with Crippen molar-refractivity contribution in [2.24, 2.45) is 0 Å². The monoisotopic (exact) mass is 416 g/mol. The van der Waals surface area contributed by atoms with Gasteiger partial charge in [0.15, 0.2) is 0 Å². The number of halogens is 3. The molecule has 1 heterocycles. The summed E-state index contributed by atoms with van der Waals surface area (Å²) in [7, 11) is 0. The van der Waals surface area contributed by atoms with Crippen molar-refractivity contribution in [3.63, 3.8) is 0 Å². The Labute approximate surface area is 168 Å². The number of rotatable bonds is 4. The van der Waals surface area contributed by atoms with Crippen LogP contribution in [0.3, 0.4) is 0 Å². The van der Waals surface area contributed by atoms with Crippen LogP contribution in [0.25, 0.3) is 0 Å². The molecule has 2 aromatic carbocycles. The zero-order valence-corrected chi connectivity index (χ0v) is 15.5. The normalized spacial score (nSPS) is 10.9. The third-order valence-corrected chi connectivity index (χ3v) is 3.89. The summed E-state index contributed by atoms with van der Waals surface area (Å²) in [5.41, 5.74) is 0.106. The first-order chi connectivity index (χ1) is 14.2. The summed E-state index contributed by atoms with van der Waals surface area (Å²) in [6.45, 7) is 1.75. The quantitative estimate of drug-likeness (QED) is 0.651. The molecule has 3 rings (SSSR count). The van der Waals surface area contributed by atoms with Crippen molar-refractivity contribution < 1.29 is 27.5 Å². The molecule has 1 aromatic heterocycles. The van der Waals surface area contributed by atoms with Crippen LogP contribution in [0.5, 0.6) is 11.6 Å². The second-order valence-electron chi connectivity index (χ2n) is 6.11. The van der Waals surface area contributed by atoms with E-state index in [0.29, 0.717) is 22.9 Å². The molecule has 2 N–H and O–H groups in total. The van der Waals surface area contributed by atoms with Gasteiger partial charge in [0.1, 0.15) is 5.75 Å². The number of nitrogens with one attached hydrogen (secondary N) is 2. The fraction of sp³-hybridized carbons (Fsp3) is 0.100.